The van der Waals surface area contributed by atoms with E-state index in [1.54, 1.807) is 17.8 Å². The van der Waals surface area contributed by atoms with Gasteiger partial charge in [-0.1, -0.05) is 23.2 Å². The third-order valence-corrected chi connectivity index (χ3v) is 5.20. The number of rotatable bonds is 6. The molecule has 2 rings (SSSR count). The van der Waals surface area contributed by atoms with Crippen LogP contribution in [0.2, 0.25) is 10.0 Å². The van der Waals surface area contributed by atoms with Crippen LogP contribution >= 0.6 is 35.0 Å². The van der Waals surface area contributed by atoms with E-state index in [2.05, 4.69) is 5.32 Å². The van der Waals surface area contributed by atoms with Gasteiger partial charge in [-0.3, -0.25) is 10.1 Å². The molecule has 0 amide bonds. The zero-order chi connectivity index (χ0) is 14.8. The van der Waals surface area contributed by atoms with Crippen LogP contribution in [0.25, 0.3) is 0 Å². The first-order valence-corrected chi connectivity index (χ1v) is 8.13. The second-order valence-corrected chi connectivity index (χ2v) is 6.97. The van der Waals surface area contributed by atoms with Crippen molar-refractivity contribution in [3.8, 4) is 0 Å². The second kappa shape index (κ2) is 6.56. The third-order valence-electron chi connectivity index (χ3n) is 3.15. The van der Waals surface area contributed by atoms with Gasteiger partial charge in [0.2, 0.25) is 0 Å². The van der Waals surface area contributed by atoms with Crippen LogP contribution in [-0.4, -0.2) is 30.4 Å². The molecule has 1 aromatic rings. The first kappa shape index (κ1) is 16.0. The average molecular weight is 334 g/mol. The maximum Gasteiger partial charge on any atom is 0.326 e. The van der Waals surface area contributed by atoms with Gasteiger partial charge in [0.25, 0.3) is 0 Å². The first-order chi connectivity index (χ1) is 9.44. The highest BCUT2D eigenvalue weighted by atomic mass is 35.5. The molecule has 6 heteroatoms. The average Bonchev–Trinajstić information content (AvgIpc) is 3.23. The highest BCUT2D eigenvalue weighted by Gasteiger charge is 2.39. The number of nitrogens with one attached hydrogen (secondary N) is 1. The van der Waals surface area contributed by atoms with Gasteiger partial charge in [-0.15, -0.1) is 11.8 Å². The summed E-state index contributed by atoms with van der Waals surface area (Å²) in [6.07, 6.45) is 2.23. The molecule has 0 bridgehead atoms. The number of benzene rings is 1. The van der Waals surface area contributed by atoms with Gasteiger partial charge < -0.3 is 4.74 Å². The molecule has 1 unspecified atom stereocenters. The largest absolute Gasteiger partial charge is 0.468 e. The van der Waals surface area contributed by atoms with Crippen LogP contribution in [-0.2, 0) is 9.53 Å². The molecular formula is C14H17Cl2NO2S. The third kappa shape index (κ3) is 4.04. The maximum absolute atomic E-state index is 12.0. The van der Waals surface area contributed by atoms with Gasteiger partial charge >= 0.3 is 5.97 Å². The van der Waals surface area contributed by atoms with E-state index in [0.29, 0.717) is 21.8 Å². The first-order valence-electron chi connectivity index (χ1n) is 6.38. The number of esters is 1. The number of halogens is 2. The van der Waals surface area contributed by atoms with Crippen molar-refractivity contribution < 1.29 is 9.53 Å². The van der Waals surface area contributed by atoms with Crippen LogP contribution in [0.1, 0.15) is 19.8 Å². The van der Waals surface area contributed by atoms with Crippen molar-refractivity contribution in [3.63, 3.8) is 0 Å². The number of ether oxygens (including phenoxy) is 1. The molecule has 1 saturated carbocycles. The molecule has 0 saturated heterocycles. The van der Waals surface area contributed by atoms with Gasteiger partial charge in [-0.2, -0.15) is 0 Å². The zero-order valence-corrected chi connectivity index (χ0v) is 13.7. The molecule has 110 valence electrons. The minimum absolute atomic E-state index is 0.239. The molecule has 0 aliphatic heterocycles. The Morgan fingerprint density at radius 3 is 2.70 bits per heavy atom. The van der Waals surface area contributed by atoms with Crippen LogP contribution in [0.4, 0.5) is 0 Å². The molecule has 1 aliphatic carbocycles. The van der Waals surface area contributed by atoms with Crippen LogP contribution in [0, 0.1) is 0 Å². The van der Waals surface area contributed by atoms with Crippen molar-refractivity contribution in [2.75, 3.05) is 12.9 Å². The monoisotopic (exact) mass is 333 g/mol. The standard InChI is InChI=1S/C14H17Cl2NO2S/c1-14(13(18)19-2,17-9-3-4-9)8-20-10-5-6-11(15)12(16)7-10/h5-7,9,17H,3-4,8H2,1-2H3. The van der Waals surface area contributed by atoms with Gasteiger partial charge in [0.1, 0.15) is 5.54 Å². The van der Waals surface area contributed by atoms with Crippen molar-refractivity contribution in [3.05, 3.63) is 28.2 Å². The highest BCUT2D eigenvalue weighted by Crippen LogP contribution is 2.31. The summed E-state index contributed by atoms with van der Waals surface area (Å²) in [6, 6.07) is 5.89. The molecule has 1 aromatic carbocycles. The van der Waals surface area contributed by atoms with E-state index in [-0.39, 0.29) is 5.97 Å². The van der Waals surface area contributed by atoms with Crippen LogP contribution in [0.3, 0.4) is 0 Å². The summed E-state index contributed by atoms with van der Waals surface area (Å²) in [5.41, 5.74) is -0.688. The molecule has 0 spiro atoms. The number of hydrogen-bond acceptors (Lipinski definition) is 4. The molecule has 1 fully saturated rings. The fraction of sp³-hybridized carbons (Fsp3) is 0.500. The van der Waals surface area contributed by atoms with Crippen LogP contribution < -0.4 is 5.32 Å². The summed E-state index contributed by atoms with van der Waals surface area (Å²) in [4.78, 5) is 13.0. The van der Waals surface area contributed by atoms with E-state index < -0.39 is 5.54 Å². The zero-order valence-electron chi connectivity index (χ0n) is 11.4. The predicted molar refractivity (Wildman–Crippen MR) is 83.8 cm³/mol. The van der Waals surface area contributed by atoms with Gasteiger partial charge in [0, 0.05) is 16.7 Å². The van der Waals surface area contributed by atoms with Gasteiger partial charge in [0.05, 0.1) is 17.2 Å². The van der Waals surface area contributed by atoms with Crippen molar-refractivity contribution in [2.45, 2.75) is 36.2 Å². The number of carbonyl (C=O) groups excluding carboxylic acids is 1. The summed E-state index contributed by atoms with van der Waals surface area (Å²) in [7, 11) is 1.42. The fourth-order valence-electron chi connectivity index (χ4n) is 1.86. The SMILES string of the molecule is COC(=O)C(C)(CSc1ccc(Cl)c(Cl)c1)NC1CC1. The van der Waals surface area contributed by atoms with E-state index in [1.807, 2.05) is 19.1 Å². The van der Waals surface area contributed by atoms with E-state index in [0.717, 1.165) is 17.7 Å². The summed E-state index contributed by atoms with van der Waals surface area (Å²) in [5.74, 6) is 0.339. The lowest BCUT2D eigenvalue weighted by molar-refractivity contribution is -0.146. The lowest BCUT2D eigenvalue weighted by Crippen LogP contribution is -2.53. The number of methoxy groups -OCH3 is 1. The number of hydrogen-bond donors (Lipinski definition) is 1. The van der Waals surface area contributed by atoms with Crippen LogP contribution in [0.5, 0.6) is 0 Å². The van der Waals surface area contributed by atoms with E-state index in [9.17, 15) is 4.79 Å². The fourth-order valence-corrected chi connectivity index (χ4v) is 3.24. The van der Waals surface area contributed by atoms with E-state index in [1.165, 1.54) is 7.11 Å². The Morgan fingerprint density at radius 1 is 1.45 bits per heavy atom. The Hall–Kier alpha value is -0.420. The molecule has 0 aromatic heterocycles. The summed E-state index contributed by atoms with van der Waals surface area (Å²) in [5, 5.41) is 4.41. The summed E-state index contributed by atoms with van der Waals surface area (Å²) in [6.45, 7) is 1.88. The molecule has 20 heavy (non-hydrogen) atoms. The molecule has 0 radical (unpaired) electrons. The lowest BCUT2D eigenvalue weighted by atomic mass is 10.1. The van der Waals surface area contributed by atoms with Gasteiger partial charge in [-0.05, 0) is 38.0 Å². The summed E-state index contributed by atoms with van der Waals surface area (Å²) >= 11 is 13.4. The Labute approximate surface area is 133 Å². The lowest BCUT2D eigenvalue weighted by Gasteiger charge is -2.27. The van der Waals surface area contributed by atoms with Crippen LogP contribution in [0.15, 0.2) is 23.1 Å². The Bertz CT molecular complexity index is 508. The second-order valence-electron chi connectivity index (χ2n) is 5.11. The molecule has 1 N–H and O–H groups in total. The van der Waals surface area contributed by atoms with Gasteiger partial charge in [0.15, 0.2) is 0 Å². The van der Waals surface area contributed by atoms with Crippen molar-refractivity contribution in [1.29, 1.82) is 0 Å². The molecule has 0 heterocycles. The quantitative estimate of drug-likeness (QED) is 0.635. The Balaban J connectivity index is 2.03. The molecule has 3 nitrogen and oxygen atoms in total. The van der Waals surface area contributed by atoms with Crippen molar-refractivity contribution >= 4 is 40.9 Å². The predicted octanol–water partition coefficient (Wildman–Crippen LogP) is 3.77. The smallest absolute Gasteiger partial charge is 0.326 e. The molecule has 1 aliphatic rings. The molecule has 1 atom stereocenters. The number of carbonyl (C=O) groups is 1. The Kier molecular flexibility index (Phi) is 5.24. The molecular weight excluding hydrogens is 317 g/mol. The normalized spacial score (nSPS) is 17.6. The summed E-state index contributed by atoms with van der Waals surface area (Å²) < 4.78 is 4.91. The van der Waals surface area contributed by atoms with E-state index >= 15 is 0 Å². The topological polar surface area (TPSA) is 38.3 Å². The number of thioether (sulfide) groups is 1. The minimum atomic E-state index is -0.688. The van der Waals surface area contributed by atoms with E-state index in [4.69, 9.17) is 27.9 Å². The van der Waals surface area contributed by atoms with Crippen molar-refractivity contribution in [1.82, 2.24) is 5.32 Å². The van der Waals surface area contributed by atoms with Gasteiger partial charge in [-0.25, -0.2) is 0 Å². The minimum Gasteiger partial charge on any atom is -0.468 e. The maximum atomic E-state index is 12.0. The van der Waals surface area contributed by atoms with Crippen molar-refractivity contribution in [2.24, 2.45) is 0 Å². The highest BCUT2D eigenvalue weighted by molar-refractivity contribution is 7.99. The Morgan fingerprint density at radius 2 is 2.15 bits per heavy atom.